The first kappa shape index (κ1) is 12.8. The third-order valence-corrected chi connectivity index (χ3v) is 3.97. The molecule has 2 atom stereocenters. The molecule has 13 heavy (non-hydrogen) atoms. The Hall–Kier alpha value is -0.160. The minimum Gasteiger partial charge on any atom is -0.358 e. The van der Waals surface area contributed by atoms with E-state index in [-0.39, 0.29) is 22.2 Å². The van der Waals surface area contributed by atoms with Crippen molar-refractivity contribution in [2.75, 3.05) is 19.6 Å². The molecule has 1 N–H and O–H groups in total. The Morgan fingerprint density at radius 2 is 1.62 bits per heavy atom. The lowest BCUT2D eigenvalue weighted by molar-refractivity contribution is -0.123. The smallest absolute Gasteiger partial charge is 0.234 e. The minimum absolute atomic E-state index is 0.0513. The van der Waals surface area contributed by atoms with Gasteiger partial charge in [0.25, 0.3) is 0 Å². The van der Waals surface area contributed by atoms with Crippen molar-refractivity contribution < 1.29 is 9.59 Å². The highest BCUT2D eigenvalue weighted by Crippen LogP contribution is 2.22. The zero-order valence-electron chi connectivity index (χ0n) is 8.29. The summed E-state index contributed by atoms with van der Waals surface area (Å²) in [5, 5.41) is 2.04. The van der Waals surface area contributed by atoms with E-state index in [0.717, 1.165) is 0 Å². The van der Waals surface area contributed by atoms with E-state index in [1.807, 2.05) is 12.5 Å². The lowest BCUT2D eigenvalue weighted by atomic mass is 10.2. The van der Waals surface area contributed by atoms with Gasteiger partial charge in [-0.05, 0) is 19.4 Å². The maximum atomic E-state index is 11.4. The van der Waals surface area contributed by atoms with E-state index >= 15 is 0 Å². The van der Waals surface area contributed by atoms with E-state index in [9.17, 15) is 9.59 Å². The summed E-state index contributed by atoms with van der Waals surface area (Å²) in [5.41, 5.74) is 0. The summed E-state index contributed by atoms with van der Waals surface area (Å²) in [6, 6.07) is 0. The lowest BCUT2D eigenvalue weighted by Gasteiger charge is -2.19. The Morgan fingerprint density at radius 1 is 1.15 bits per heavy atom. The number of ketones is 1. The van der Waals surface area contributed by atoms with Gasteiger partial charge in [0, 0.05) is 7.05 Å². The highest BCUT2D eigenvalue weighted by molar-refractivity contribution is 8.04. The van der Waals surface area contributed by atoms with Crippen LogP contribution in [0.2, 0.25) is 0 Å². The van der Waals surface area contributed by atoms with Gasteiger partial charge in [-0.2, -0.15) is 23.5 Å². The molecule has 0 saturated heterocycles. The van der Waals surface area contributed by atoms with Gasteiger partial charge < -0.3 is 5.32 Å². The molecular formula is C8H15NO2S2. The number of rotatable bonds is 5. The molecule has 0 saturated carbocycles. The fourth-order valence-electron chi connectivity index (χ4n) is 1.01. The Balaban J connectivity index is 4.52. The van der Waals surface area contributed by atoms with Crippen LogP contribution in [0, 0.1) is 0 Å². The number of carbonyl (C=O) groups is 2. The molecule has 0 aromatic rings. The molecule has 0 aliphatic carbocycles. The molecule has 0 aromatic heterocycles. The highest BCUT2D eigenvalue weighted by atomic mass is 32.2. The molecule has 0 radical (unpaired) electrons. The third-order valence-electron chi connectivity index (χ3n) is 1.69. The molecule has 5 heteroatoms. The van der Waals surface area contributed by atoms with Gasteiger partial charge in [0.05, 0.1) is 5.25 Å². The van der Waals surface area contributed by atoms with Crippen LogP contribution in [0.4, 0.5) is 0 Å². The normalized spacial score (nSPS) is 14.8. The lowest BCUT2D eigenvalue weighted by Crippen LogP contribution is -2.39. The second-order valence-corrected chi connectivity index (χ2v) is 4.50. The molecular weight excluding hydrogens is 206 g/mol. The van der Waals surface area contributed by atoms with Crippen molar-refractivity contribution in [2.24, 2.45) is 0 Å². The van der Waals surface area contributed by atoms with Crippen LogP contribution in [0.3, 0.4) is 0 Å². The third kappa shape index (κ3) is 3.60. The van der Waals surface area contributed by atoms with Crippen LogP contribution in [0.1, 0.15) is 6.92 Å². The van der Waals surface area contributed by atoms with Crippen LogP contribution in [-0.2, 0) is 9.59 Å². The zero-order valence-corrected chi connectivity index (χ0v) is 9.92. The van der Waals surface area contributed by atoms with E-state index < -0.39 is 0 Å². The molecule has 0 heterocycles. The van der Waals surface area contributed by atoms with E-state index in [1.54, 1.807) is 7.05 Å². The molecule has 0 aromatic carbocycles. The highest BCUT2D eigenvalue weighted by Gasteiger charge is 2.29. The van der Waals surface area contributed by atoms with Crippen molar-refractivity contribution in [3.63, 3.8) is 0 Å². The molecule has 0 aliphatic rings. The van der Waals surface area contributed by atoms with Gasteiger partial charge in [-0.1, -0.05) is 0 Å². The predicted molar refractivity (Wildman–Crippen MR) is 59.4 cm³/mol. The number of hydrogen-bond acceptors (Lipinski definition) is 4. The molecule has 0 spiro atoms. The Kier molecular flexibility index (Phi) is 6.24. The topological polar surface area (TPSA) is 46.2 Å². The summed E-state index contributed by atoms with van der Waals surface area (Å²) < 4.78 is 0. The van der Waals surface area contributed by atoms with Gasteiger partial charge in [-0.15, -0.1) is 0 Å². The fraction of sp³-hybridized carbons (Fsp3) is 0.750. The van der Waals surface area contributed by atoms with Crippen LogP contribution in [0.5, 0.6) is 0 Å². The number of nitrogens with one attached hydrogen (secondary N) is 1. The zero-order chi connectivity index (χ0) is 10.4. The monoisotopic (exact) mass is 221 g/mol. The predicted octanol–water partition coefficient (Wildman–Crippen LogP) is 0.785. The number of amides is 1. The van der Waals surface area contributed by atoms with Gasteiger partial charge in [-0.25, -0.2) is 0 Å². The summed E-state index contributed by atoms with van der Waals surface area (Å²) in [4.78, 5) is 22.5. The molecule has 0 aliphatic heterocycles. The Morgan fingerprint density at radius 3 is 1.85 bits per heavy atom. The van der Waals surface area contributed by atoms with Crippen molar-refractivity contribution >= 4 is 35.2 Å². The average Bonchev–Trinajstić information content (AvgIpc) is 2.12. The summed E-state index contributed by atoms with van der Waals surface area (Å²) in [5.74, 6) is -0.0301. The molecule has 0 fully saturated rings. The summed E-state index contributed by atoms with van der Waals surface area (Å²) in [7, 11) is 1.59. The molecule has 3 nitrogen and oxygen atoms in total. The SMILES string of the molecule is CNC(=O)C(SC)C(SC)C(C)=O. The molecule has 1 amide bonds. The van der Waals surface area contributed by atoms with Gasteiger partial charge in [-0.3, -0.25) is 9.59 Å². The summed E-state index contributed by atoms with van der Waals surface area (Å²) in [6.45, 7) is 1.52. The number of hydrogen-bond donors (Lipinski definition) is 1. The molecule has 0 rings (SSSR count). The van der Waals surface area contributed by atoms with Crippen LogP contribution in [0.15, 0.2) is 0 Å². The first-order chi connectivity index (χ1) is 6.08. The van der Waals surface area contributed by atoms with Gasteiger partial charge >= 0.3 is 0 Å². The van der Waals surface area contributed by atoms with Crippen LogP contribution < -0.4 is 5.32 Å². The van der Waals surface area contributed by atoms with Crippen molar-refractivity contribution in [2.45, 2.75) is 17.4 Å². The molecule has 2 unspecified atom stereocenters. The largest absolute Gasteiger partial charge is 0.358 e. The van der Waals surface area contributed by atoms with Crippen LogP contribution in [-0.4, -0.2) is 41.7 Å². The molecule has 76 valence electrons. The van der Waals surface area contributed by atoms with Crippen LogP contribution >= 0.6 is 23.5 Å². The van der Waals surface area contributed by atoms with E-state index in [1.165, 1.54) is 30.4 Å². The van der Waals surface area contributed by atoms with Gasteiger partial charge in [0.1, 0.15) is 11.0 Å². The second kappa shape index (κ2) is 6.32. The first-order valence-corrected chi connectivity index (χ1v) is 6.43. The first-order valence-electron chi connectivity index (χ1n) is 3.86. The van der Waals surface area contributed by atoms with E-state index in [2.05, 4.69) is 5.32 Å². The van der Waals surface area contributed by atoms with E-state index in [0.29, 0.717) is 0 Å². The number of thioether (sulfide) groups is 2. The fourth-order valence-corrected chi connectivity index (χ4v) is 3.15. The summed E-state index contributed by atoms with van der Waals surface area (Å²) >= 11 is 2.83. The van der Waals surface area contributed by atoms with Crippen molar-refractivity contribution in [1.82, 2.24) is 5.32 Å². The Labute approximate surface area is 87.4 Å². The standard InChI is InChI=1S/C8H15NO2S2/c1-5(10)6(12-3)7(13-4)8(11)9-2/h6-7H,1-4H3,(H,9,11). The maximum Gasteiger partial charge on any atom is 0.234 e. The van der Waals surface area contributed by atoms with Gasteiger partial charge in [0.2, 0.25) is 5.91 Å². The van der Waals surface area contributed by atoms with Crippen molar-refractivity contribution in [1.29, 1.82) is 0 Å². The summed E-state index contributed by atoms with van der Waals surface area (Å²) in [6.07, 6.45) is 3.68. The number of carbonyl (C=O) groups excluding carboxylic acids is 2. The second-order valence-electron chi connectivity index (χ2n) is 2.54. The van der Waals surface area contributed by atoms with Gasteiger partial charge in [0.15, 0.2) is 0 Å². The van der Waals surface area contributed by atoms with Crippen molar-refractivity contribution in [3.05, 3.63) is 0 Å². The van der Waals surface area contributed by atoms with Crippen LogP contribution in [0.25, 0.3) is 0 Å². The minimum atomic E-state index is -0.280. The van der Waals surface area contributed by atoms with E-state index in [4.69, 9.17) is 0 Å². The quantitative estimate of drug-likeness (QED) is 0.745. The number of Topliss-reactive ketones (excluding diaryl/α,β-unsaturated/α-hetero) is 1. The Bertz CT molecular complexity index is 197. The maximum absolute atomic E-state index is 11.4. The average molecular weight is 221 g/mol. The molecule has 0 bridgehead atoms. The van der Waals surface area contributed by atoms with Crippen molar-refractivity contribution in [3.8, 4) is 0 Å².